The van der Waals surface area contributed by atoms with Crippen molar-refractivity contribution in [1.82, 2.24) is 0 Å². The Bertz CT molecular complexity index is 406. The molecule has 0 unspecified atom stereocenters. The first-order valence-corrected chi connectivity index (χ1v) is 4.71. The molecular formula is C10H10F5NO2. The number of hydrogen-bond donors (Lipinski definition) is 0. The lowest BCUT2D eigenvalue weighted by Gasteiger charge is -2.17. The molecule has 1 rings (SSSR count). The Hall–Kier alpha value is -1.73. The smallest absolute Gasteiger partial charge is 0.431 e. The van der Waals surface area contributed by atoms with E-state index in [4.69, 9.17) is 0 Å². The number of anilines is 1. The Labute approximate surface area is 99.7 Å². The van der Waals surface area contributed by atoms with E-state index < -0.39 is 24.5 Å². The van der Waals surface area contributed by atoms with Crippen LogP contribution in [-0.2, 0) is 0 Å². The van der Waals surface area contributed by atoms with Gasteiger partial charge in [0.05, 0.1) is 0 Å². The highest BCUT2D eigenvalue weighted by atomic mass is 19.4. The van der Waals surface area contributed by atoms with Crippen LogP contribution in [0.1, 0.15) is 0 Å². The van der Waals surface area contributed by atoms with Gasteiger partial charge in [0.1, 0.15) is 0 Å². The van der Waals surface area contributed by atoms with Crippen LogP contribution < -0.4 is 14.4 Å². The average Bonchev–Trinajstić information content (AvgIpc) is 2.17. The molecule has 0 aliphatic carbocycles. The highest BCUT2D eigenvalue weighted by molar-refractivity contribution is 5.55. The molecule has 1 aromatic carbocycles. The number of rotatable bonds is 4. The maximum atomic E-state index is 12.1. The van der Waals surface area contributed by atoms with E-state index in [0.717, 1.165) is 12.1 Å². The molecule has 0 aliphatic rings. The summed E-state index contributed by atoms with van der Waals surface area (Å²) in [6.45, 7) is -3.23. The predicted molar refractivity (Wildman–Crippen MR) is 54.1 cm³/mol. The molecule has 0 aliphatic heterocycles. The van der Waals surface area contributed by atoms with Crippen molar-refractivity contribution >= 4 is 5.69 Å². The van der Waals surface area contributed by atoms with E-state index in [1.165, 1.54) is 11.0 Å². The SMILES string of the molecule is CN(C)c1ccc(OC(F)F)c(OC(F)(F)F)c1. The van der Waals surface area contributed by atoms with Crippen LogP contribution >= 0.6 is 0 Å². The fraction of sp³-hybridized carbons (Fsp3) is 0.400. The number of ether oxygens (including phenoxy) is 2. The van der Waals surface area contributed by atoms with Crippen LogP contribution in [0.4, 0.5) is 27.6 Å². The molecule has 0 saturated carbocycles. The molecule has 102 valence electrons. The molecule has 0 bridgehead atoms. The third kappa shape index (κ3) is 4.27. The van der Waals surface area contributed by atoms with E-state index in [-0.39, 0.29) is 0 Å². The summed E-state index contributed by atoms with van der Waals surface area (Å²) in [7, 11) is 3.17. The number of benzene rings is 1. The fourth-order valence-corrected chi connectivity index (χ4v) is 1.17. The Balaban J connectivity index is 3.09. The highest BCUT2D eigenvalue weighted by Crippen LogP contribution is 2.36. The lowest BCUT2D eigenvalue weighted by Crippen LogP contribution is -2.19. The summed E-state index contributed by atoms with van der Waals surface area (Å²) in [5, 5.41) is 0. The summed E-state index contributed by atoms with van der Waals surface area (Å²) in [5.41, 5.74) is 0.357. The van der Waals surface area contributed by atoms with Crippen LogP contribution in [0.15, 0.2) is 18.2 Å². The van der Waals surface area contributed by atoms with Crippen LogP contribution in [0.5, 0.6) is 11.5 Å². The molecule has 0 saturated heterocycles. The standard InChI is InChI=1S/C10H10F5NO2/c1-16(2)6-3-4-7(17-9(11)12)8(5-6)18-10(13,14)15/h3-5,9H,1-2H3. The zero-order chi connectivity index (χ0) is 13.9. The van der Waals surface area contributed by atoms with Crippen molar-refractivity contribution in [2.24, 2.45) is 0 Å². The van der Waals surface area contributed by atoms with Gasteiger partial charge in [-0.25, -0.2) is 0 Å². The quantitative estimate of drug-likeness (QED) is 0.785. The minimum absolute atomic E-state index is 0.357. The minimum atomic E-state index is -4.98. The van der Waals surface area contributed by atoms with Crippen LogP contribution in [-0.4, -0.2) is 27.1 Å². The van der Waals surface area contributed by atoms with Crippen LogP contribution in [0, 0.1) is 0 Å². The highest BCUT2D eigenvalue weighted by Gasteiger charge is 2.33. The predicted octanol–water partition coefficient (Wildman–Crippen LogP) is 3.25. The second-order valence-electron chi connectivity index (χ2n) is 3.45. The lowest BCUT2D eigenvalue weighted by molar-refractivity contribution is -0.275. The van der Waals surface area contributed by atoms with Gasteiger partial charge in [0.2, 0.25) is 0 Å². The molecule has 18 heavy (non-hydrogen) atoms. The summed E-state index contributed by atoms with van der Waals surface area (Å²) in [5.74, 6) is -1.48. The summed E-state index contributed by atoms with van der Waals surface area (Å²) in [4.78, 5) is 1.50. The van der Waals surface area contributed by atoms with Crippen LogP contribution in [0.25, 0.3) is 0 Å². The van der Waals surface area contributed by atoms with Gasteiger partial charge in [-0.05, 0) is 12.1 Å². The summed E-state index contributed by atoms with van der Waals surface area (Å²) < 4.78 is 68.0. The van der Waals surface area contributed by atoms with Crippen molar-refractivity contribution in [2.75, 3.05) is 19.0 Å². The van der Waals surface area contributed by atoms with Gasteiger partial charge in [0.15, 0.2) is 11.5 Å². The molecule has 0 fully saturated rings. The molecule has 8 heteroatoms. The molecule has 0 heterocycles. The van der Waals surface area contributed by atoms with Gasteiger partial charge in [0, 0.05) is 25.8 Å². The van der Waals surface area contributed by atoms with Gasteiger partial charge in [-0.1, -0.05) is 0 Å². The van der Waals surface area contributed by atoms with E-state index in [1.807, 2.05) is 0 Å². The normalized spacial score (nSPS) is 11.6. The van der Waals surface area contributed by atoms with E-state index >= 15 is 0 Å². The zero-order valence-corrected chi connectivity index (χ0v) is 9.46. The van der Waals surface area contributed by atoms with Gasteiger partial charge in [-0.2, -0.15) is 8.78 Å². The van der Waals surface area contributed by atoms with E-state index in [1.54, 1.807) is 14.1 Å². The first-order chi connectivity index (χ1) is 8.19. The first-order valence-electron chi connectivity index (χ1n) is 4.71. The van der Waals surface area contributed by atoms with Crippen molar-refractivity contribution in [2.45, 2.75) is 13.0 Å². The fourth-order valence-electron chi connectivity index (χ4n) is 1.17. The lowest BCUT2D eigenvalue weighted by atomic mass is 10.2. The average molecular weight is 271 g/mol. The van der Waals surface area contributed by atoms with Gasteiger partial charge in [0.25, 0.3) is 0 Å². The Morgan fingerprint density at radius 2 is 1.72 bits per heavy atom. The number of halogens is 5. The zero-order valence-electron chi connectivity index (χ0n) is 9.46. The third-order valence-corrected chi connectivity index (χ3v) is 1.89. The molecule has 0 amide bonds. The first kappa shape index (κ1) is 14.3. The second kappa shape index (κ2) is 5.28. The van der Waals surface area contributed by atoms with Crippen molar-refractivity contribution in [1.29, 1.82) is 0 Å². The number of alkyl halides is 5. The molecule has 0 spiro atoms. The molecule has 0 radical (unpaired) electrons. The Morgan fingerprint density at radius 3 is 2.17 bits per heavy atom. The van der Waals surface area contributed by atoms with E-state index in [2.05, 4.69) is 9.47 Å². The molecule has 1 aromatic rings. The van der Waals surface area contributed by atoms with Crippen molar-refractivity contribution in [3.63, 3.8) is 0 Å². The Kier molecular flexibility index (Phi) is 4.20. The number of hydrogen-bond acceptors (Lipinski definition) is 3. The summed E-state index contributed by atoms with van der Waals surface area (Å²) in [6.07, 6.45) is -4.98. The van der Waals surface area contributed by atoms with Crippen LogP contribution in [0.3, 0.4) is 0 Å². The molecule has 3 nitrogen and oxygen atoms in total. The maximum Gasteiger partial charge on any atom is 0.573 e. The topological polar surface area (TPSA) is 21.7 Å². The van der Waals surface area contributed by atoms with Crippen molar-refractivity contribution in [3.8, 4) is 11.5 Å². The molecule has 0 atom stereocenters. The van der Waals surface area contributed by atoms with E-state index in [9.17, 15) is 22.0 Å². The van der Waals surface area contributed by atoms with E-state index in [0.29, 0.717) is 5.69 Å². The van der Waals surface area contributed by atoms with Gasteiger partial charge in [-0.15, -0.1) is 13.2 Å². The maximum absolute atomic E-state index is 12.1. The molecular weight excluding hydrogens is 261 g/mol. The van der Waals surface area contributed by atoms with Gasteiger partial charge < -0.3 is 14.4 Å². The largest absolute Gasteiger partial charge is 0.573 e. The van der Waals surface area contributed by atoms with Crippen LogP contribution in [0.2, 0.25) is 0 Å². The summed E-state index contributed by atoms with van der Waals surface area (Å²) in [6, 6.07) is 3.29. The minimum Gasteiger partial charge on any atom is -0.431 e. The van der Waals surface area contributed by atoms with Crippen molar-refractivity contribution < 1.29 is 31.4 Å². The second-order valence-corrected chi connectivity index (χ2v) is 3.45. The number of nitrogens with zero attached hydrogens (tertiary/aromatic N) is 1. The summed E-state index contributed by atoms with van der Waals surface area (Å²) >= 11 is 0. The Morgan fingerprint density at radius 1 is 1.11 bits per heavy atom. The molecule has 0 aromatic heterocycles. The van der Waals surface area contributed by atoms with Gasteiger partial charge in [-0.3, -0.25) is 0 Å². The monoisotopic (exact) mass is 271 g/mol. The van der Waals surface area contributed by atoms with Crippen molar-refractivity contribution in [3.05, 3.63) is 18.2 Å². The van der Waals surface area contributed by atoms with Gasteiger partial charge >= 0.3 is 13.0 Å². The molecule has 0 N–H and O–H groups in total. The third-order valence-electron chi connectivity index (χ3n) is 1.89.